The van der Waals surface area contributed by atoms with Crippen molar-refractivity contribution in [3.8, 4) is 0 Å². The lowest BCUT2D eigenvalue weighted by molar-refractivity contribution is -0.137. The molecule has 0 saturated carbocycles. The molecule has 0 bridgehead atoms. The van der Waals surface area contributed by atoms with Crippen LogP contribution in [-0.2, 0) is 20.7 Å². The highest BCUT2D eigenvalue weighted by Gasteiger charge is 2.33. The molecule has 3 aliphatic heterocycles. The summed E-state index contributed by atoms with van der Waals surface area (Å²) < 4.78 is 5.62. The highest BCUT2D eigenvalue weighted by Crippen LogP contribution is 2.27. The molecule has 2 saturated heterocycles. The van der Waals surface area contributed by atoms with E-state index >= 15 is 0 Å². The molecule has 1 N–H and O–H groups in total. The van der Waals surface area contributed by atoms with Crippen LogP contribution in [0.15, 0.2) is 24.3 Å². The number of carbonyl (C=O) groups excluding carboxylic acids is 2. The Bertz CT molecular complexity index is 663. The van der Waals surface area contributed by atoms with Crippen LogP contribution in [0.1, 0.15) is 24.8 Å². The Hall–Kier alpha value is -2.08. The topological polar surface area (TPSA) is 61.9 Å². The monoisotopic (exact) mass is 343 g/mol. The summed E-state index contributed by atoms with van der Waals surface area (Å²) in [6, 6.07) is 8.49. The fourth-order valence-electron chi connectivity index (χ4n) is 4.15. The zero-order valence-corrected chi connectivity index (χ0v) is 14.4. The van der Waals surface area contributed by atoms with Crippen LogP contribution in [0.4, 0.5) is 5.69 Å². The third kappa shape index (κ3) is 3.49. The predicted molar refractivity (Wildman–Crippen MR) is 94.5 cm³/mol. The standard InChI is InChI=1S/C19H25N3O3/c23-18-13-25-17-7-11-22(10-6-15(17)20-18)19(24)8-12-21-9-5-14-3-1-2-4-16(14)21/h1-4,15,17H,5-13H2,(H,20,23)/t15-,17-/m0/s1. The molecule has 2 amide bonds. The number of anilines is 1. The lowest BCUT2D eigenvalue weighted by Gasteiger charge is -2.30. The van der Waals surface area contributed by atoms with Gasteiger partial charge in [0.25, 0.3) is 0 Å². The van der Waals surface area contributed by atoms with Crippen LogP contribution in [0.2, 0.25) is 0 Å². The van der Waals surface area contributed by atoms with Crippen molar-refractivity contribution >= 4 is 17.5 Å². The number of carbonyl (C=O) groups is 2. The zero-order valence-electron chi connectivity index (χ0n) is 14.4. The first-order chi connectivity index (χ1) is 12.2. The van der Waals surface area contributed by atoms with Gasteiger partial charge in [-0.3, -0.25) is 9.59 Å². The first-order valence-corrected chi connectivity index (χ1v) is 9.22. The Morgan fingerprint density at radius 1 is 1.20 bits per heavy atom. The third-order valence-corrected chi connectivity index (χ3v) is 5.55. The summed E-state index contributed by atoms with van der Waals surface area (Å²) in [6.07, 6.45) is 3.21. The van der Waals surface area contributed by atoms with E-state index in [1.165, 1.54) is 11.3 Å². The summed E-state index contributed by atoms with van der Waals surface area (Å²) in [7, 11) is 0. The second-order valence-electron chi connectivity index (χ2n) is 7.10. The van der Waals surface area contributed by atoms with E-state index in [0.29, 0.717) is 19.5 Å². The molecule has 0 unspecified atom stereocenters. The van der Waals surface area contributed by atoms with Gasteiger partial charge in [0.2, 0.25) is 11.8 Å². The summed E-state index contributed by atoms with van der Waals surface area (Å²) in [4.78, 5) is 28.4. The number of morpholine rings is 1. The number of hydrogen-bond donors (Lipinski definition) is 1. The molecule has 4 rings (SSSR count). The predicted octanol–water partition coefficient (Wildman–Crippen LogP) is 0.945. The molecular formula is C19H25N3O3. The molecular weight excluding hydrogens is 318 g/mol. The molecule has 6 heteroatoms. The van der Waals surface area contributed by atoms with E-state index in [-0.39, 0.29) is 30.6 Å². The number of ether oxygens (including phenoxy) is 1. The number of fused-ring (bicyclic) bond motifs is 2. The number of hydrogen-bond acceptors (Lipinski definition) is 4. The van der Waals surface area contributed by atoms with Crippen LogP contribution in [0.3, 0.4) is 0 Å². The molecule has 3 aliphatic rings. The molecule has 2 atom stereocenters. The van der Waals surface area contributed by atoms with Crippen molar-refractivity contribution in [1.29, 1.82) is 0 Å². The fraction of sp³-hybridized carbons (Fsp3) is 0.579. The summed E-state index contributed by atoms with van der Waals surface area (Å²) in [6.45, 7) is 3.32. The van der Waals surface area contributed by atoms with Crippen LogP contribution in [0, 0.1) is 0 Å². The van der Waals surface area contributed by atoms with Gasteiger partial charge in [0.1, 0.15) is 6.61 Å². The quantitative estimate of drug-likeness (QED) is 0.887. The highest BCUT2D eigenvalue weighted by atomic mass is 16.5. The normalized spacial score (nSPS) is 25.8. The number of nitrogens with one attached hydrogen (secondary N) is 1. The minimum Gasteiger partial charge on any atom is -0.370 e. The molecule has 2 fully saturated rings. The van der Waals surface area contributed by atoms with Gasteiger partial charge in [-0.2, -0.15) is 0 Å². The first kappa shape index (κ1) is 16.4. The Morgan fingerprint density at radius 2 is 2.04 bits per heavy atom. The van der Waals surface area contributed by atoms with Gasteiger partial charge in [-0.05, 0) is 30.9 Å². The van der Waals surface area contributed by atoms with Gasteiger partial charge >= 0.3 is 0 Å². The lowest BCUT2D eigenvalue weighted by Crippen LogP contribution is -2.51. The van der Waals surface area contributed by atoms with Gasteiger partial charge in [-0.15, -0.1) is 0 Å². The number of amides is 2. The Kier molecular flexibility index (Phi) is 4.61. The summed E-state index contributed by atoms with van der Waals surface area (Å²) in [5.41, 5.74) is 2.65. The maximum atomic E-state index is 12.7. The molecule has 0 radical (unpaired) electrons. The largest absolute Gasteiger partial charge is 0.370 e. The van der Waals surface area contributed by atoms with Crippen molar-refractivity contribution < 1.29 is 14.3 Å². The number of nitrogens with zero attached hydrogens (tertiary/aromatic N) is 2. The van der Waals surface area contributed by atoms with Gasteiger partial charge < -0.3 is 19.9 Å². The SMILES string of the molecule is O=C1CO[C@H]2CCN(C(=O)CCN3CCc4ccccc43)CC[C@@H]2N1. The van der Waals surface area contributed by atoms with Gasteiger partial charge in [-0.1, -0.05) is 18.2 Å². The minimum atomic E-state index is -0.0475. The molecule has 25 heavy (non-hydrogen) atoms. The average Bonchev–Trinajstić information content (AvgIpc) is 2.92. The molecule has 0 spiro atoms. The van der Waals surface area contributed by atoms with Gasteiger partial charge in [0.05, 0.1) is 12.1 Å². The molecule has 3 heterocycles. The van der Waals surface area contributed by atoms with Gasteiger partial charge in [0.15, 0.2) is 0 Å². The summed E-state index contributed by atoms with van der Waals surface area (Å²) in [5, 5.41) is 3.00. The van der Waals surface area contributed by atoms with E-state index in [4.69, 9.17) is 4.74 Å². The number of rotatable bonds is 3. The van der Waals surface area contributed by atoms with Crippen molar-refractivity contribution in [3.05, 3.63) is 29.8 Å². The van der Waals surface area contributed by atoms with E-state index in [1.807, 2.05) is 4.90 Å². The highest BCUT2D eigenvalue weighted by molar-refractivity contribution is 5.79. The Balaban J connectivity index is 1.31. The Labute approximate surface area is 148 Å². The van der Waals surface area contributed by atoms with Crippen LogP contribution >= 0.6 is 0 Å². The van der Waals surface area contributed by atoms with E-state index in [2.05, 4.69) is 34.5 Å². The summed E-state index contributed by atoms with van der Waals surface area (Å²) in [5.74, 6) is 0.156. The van der Waals surface area contributed by atoms with E-state index in [9.17, 15) is 9.59 Å². The van der Waals surface area contributed by atoms with E-state index in [0.717, 1.165) is 32.4 Å². The smallest absolute Gasteiger partial charge is 0.246 e. The number of para-hydroxylation sites is 1. The second kappa shape index (κ2) is 7.04. The van der Waals surface area contributed by atoms with E-state index in [1.54, 1.807) is 0 Å². The molecule has 134 valence electrons. The summed E-state index contributed by atoms with van der Waals surface area (Å²) >= 11 is 0. The minimum absolute atomic E-state index is 0.0426. The van der Waals surface area contributed by atoms with Crippen molar-refractivity contribution in [2.45, 2.75) is 37.8 Å². The number of likely N-dealkylation sites (tertiary alicyclic amines) is 1. The third-order valence-electron chi connectivity index (χ3n) is 5.55. The van der Waals surface area contributed by atoms with Crippen molar-refractivity contribution in [3.63, 3.8) is 0 Å². The Morgan fingerprint density at radius 3 is 2.96 bits per heavy atom. The molecule has 1 aromatic rings. The van der Waals surface area contributed by atoms with E-state index < -0.39 is 0 Å². The first-order valence-electron chi connectivity index (χ1n) is 9.22. The molecule has 6 nitrogen and oxygen atoms in total. The maximum absolute atomic E-state index is 12.7. The lowest BCUT2D eigenvalue weighted by atomic mass is 10.0. The molecule has 0 aromatic heterocycles. The van der Waals surface area contributed by atoms with Gasteiger partial charge in [-0.25, -0.2) is 0 Å². The van der Waals surface area contributed by atoms with Crippen molar-refractivity contribution in [2.75, 3.05) is 37.7 Å². The van der Waals surface area contributed by atoms with Crippen LogP contribution < -0.4 is 10.2 Å². The molecule has 1 aromatic carbocycles. The van der Waals surface area contributed by atoms with Crippen LogP contribution in [0.5, 0.6) is 0 Å². The van der Waals surface area contributed by atoms with Crippen LogP contribution in [-0.4, -0.2) is 61.6 Å². The molecule has 0 aliphatic carbocycles. The zero-order chi connectivity index (χ0) is 17.2. The van der Waals surface area contributed by atoms with Crippen LogP contribution in [0.25, 0.3) is 0 Å². The number of benzene rings is 1. The fourth-order valence-corrected chi connectivity index (χ4v) is 4.15. The van der Waals surface area contributed by atoms with Gasteiger partial charge in [0, 0.05) is 38.3 Å². The van der Waals surface area contributed by atoms with Crippen molar-refractivity contribution in [2.24, 2.45) is 0 Å². The average molecular weight is 343 g/mol. The maximum Gasteiger partial charge on any atom is 0.246 e. The van der Waals surface area contributed by atoms with Crippen molar-refractivity contribution in [1.82, 2.24) is 10.2 Å². The second-order valence-corrected chi connectivity index (χ2v) is 7.10.